The monoisotopic (exact) mass is 410 g/mol. The third-order valence-electron chi connectivity index (χ3n) is 5.26. The molecule has 1 saturated heterocycles. The van der Waals surface area contributed by atoms with Crippen LogP contribution < -0.4 is 4.90 Å². The van der Waals surface area contributed by atoms with Gasteiger partial charge in [0.15, 0.2) is 5.78 Å². The molecule has 0 aliphatic carbocycles. The highest BCUT2D eigenvalue weighted by Gasteiger charge is 2.25. The molecule has 1 atom stereocenters. The fourth-order valence-electron chi connectivity index (χ4n) is 3.83. The number of piperidine rings is 1. The van der Waals surface area contributed by atoms with Gasteiger partial charge in [0.05, 0.1) is 10.6 Å². The van der Waals surface area contributed by atoms with E-state index in [1.807, 2.05) is 37.3 Å². The molecule has 1 aromatic heterocycles. The van der Waals surface area contributed by atoms with Gasteiger partial charge in [-0.15, -0.1) is 11.3 Å². The summed E-state index contributed by atoms with van der Waals surface area (Å²) < 4.78 is 0. The average molecular weight is 411 g/mol. The van der Waals surface area contributed by atoms with Gasteiger partial charge in [-0.1, -0.05) is 41.9 Å². The largest absolute Gasteiger partial charge is 0.371 e. The second-order valence-electron chi connectivity index (χ2n) is 7.36. The van der Waals surface area contributed by atoms with Crippen LogP contribution in [0.5, 0.6) is 0 Å². The number of nitrogens with zero attached hydrogens (tertiary/aromatic N) is 2. The molecule has 3 aromatic rings. The maximum Gasteiger partial charge on any atom is 0.175 e. The van der Waals surface area contributed by atoms with E-state index in [-0.39, 0.29) is 5.78 Å². The van der Waals surface area contributed by atoms with E-state index >= 15 is 0 Å². The minimum absolute atomic E-state index is 0.218. The first-order valence-corrected chi connectivity index (χ1v) is 10.9. The Morgan fingerprint density at radius 2 is 1.93 bits per heavy atom. The van der Waals surface area contributed by atoms with Crippen molar-refractivity contribution in [2.24, 2.45) is 5.92 Å². The topological polar surface area (TPSA) is 33.2 Å². The smallest absolute Gasteiger partial charge is 0.175 e. The number of hydrogen-bond acceptors (Lipinski definition) is 4. The molecular weight excluding hydrogens is 388 g/mol. The van der Waals surface area contributed by atoms with Gasteiger partial charge in [-0.25, -0.2) is 4.98 Å². The van der Waals surface area contributed by atoms with Crippen molar-refractivity contribution in [2.45, 2.75) is 26.2 Å². The van der Waals surface area contributed by atoms with E-state index in [2.05, 4.69) is 34.1 Å². The molecule has 0 saturated carbocycles. The summed E-state index contributed by atoms with van der Waals surface area (Å²) in [5.74, 6) is 0.608. The van der Waals surface area contributed by atoms with Gasteiger partial charge in [0.1, 0.15) is 5.01 Å². The third kappa shape index (κ3) is 4.29. The Morgan fingerprint density at radius 3 is 2.68 bits per heavy atom. The Morgan fingerprint density at radius 1 is 1.18 bits per heavy atom. The lowest BCUT2D eigenvalue weighted by Crippen LogP contribution is -2.36. The van der Waals surface area contributed by atoms with Gasteiger partial charge in [-0.05, 0) is 49.9 Å². The molecule has 1 unspecified atom stereocenters. The SMILES string of the molecule is Cc1nc(-c2ccc(Cl)cc2)sc1C(=O)CC1CCCN(c2ccccc2)C1. The number of rotatable bonds is 5. The van der Waals surface area contributed by atoms with Crippen molar-refractivity contribution >= 4 is 34.4 Å². The van der Waals surface area contributed by atoms with Crippen molar-refractivity contribution in [1.29, 1.82) is 0 Å². The van der Waals surface area contributed by atoms with Crippen molar-refractivity contribution in [1.82, 2.24) is 4.98 Å². The van der Waals surface area contributed by atoms with Gasteiger partial charge in [-0.3, -0.25) is 4.79 Å². The number of Topliss-reactive ketones (excluding diaryl/α,β-unsaturated/α-hetero) is 1. The van der Waals surface area contributed by atoms with Crippen molar-refractivity contribution in [2.75, 3.05) is 18.0 Å². The van der Waals surface area contributed by atoms with E-state index < -0.39 is 0 Å². The first kappa shape index (κ1) is 19.2. The van der Waals surface area contributed by atoms with Crippen LogP contribution in [0.15, 0.2) is 54.6 Å². The van der Waals surface area contributed by atoms with Gasteiger partial charge < -0.3 is 4.90 Å². The number of carbonyl (C=O) groups is 1. The molecule has 0 amide bonds. The lowest BCUT2D eigenvalue weighted by Gasteiger charge is -2.34. The maximum absolute atomic E-state index is 13.0. The molecule has 5 heteroatoms. The summed E-state index contributed by atoms with van der Waals surface area (Å²) in [5, 5.41) is 1.58. The van der Waals surface area contributed by atoms with Gasteiger partial charge in [-0.2, -0.15) is 0 Å². The second kappa shape index (κ2) is 8.46. The molecule has 2 aromatic carbocycles. The van der Waals surface area contributed by atoms with Crippen LogP contribution in [0.25, 0.3) is 10.6 Å². The number of aryl methyl sites for hydroxylation is 1. The molecule has 3 nitrogen and oxygen atoms in total. The van der Waals surface area contributed by atoms with Crippen LogP contribution in [0, 0.1) is 12.8 Å². The predicted octanol–water partition coefficient (Wildman–Crippen LogP) is 6.26. The number of aromatic nitrogens is 1. The molecule has 1 aliphatic rings. The molecule has 28 heavy (non-hydrogen) atoms. The number of para-hydroxylation sites is 1. The van der Waals surface area contributed by atoms with E-state index in [1.165, 1.54) is 17.0 Å². The molecule has 1 aliphatic heterocycles. The van der Waals surface area contributed by atoms with Crippen LogP contribution in [0.2, 0.25) is 5.02 Å². The van der Waals surface area contributed by atoms with Crippen LogP contribution in [-0.4, -0.2) is 23.9 Å². The van der Waals surface area contributed by atoms with E-state index in [9.17, 15) is 4.79 Å². The van der Waals surface area contributed by atoms with Crippen molar-refractivity contribution in [3.63, 3.8) is 0 Å². The van der Waals surface area contributed by atoms with Crippen molar-refractivity contribution in [3.8, 4) is 10.6 Å². The van der Waals surface area contributed by atoms with Gasteiger partial charge in [0.2, 0.25) is 0 Å². The first-order valence-electron chi connectivity index (χ1n) is 9.66. The standard InChI is InChI=1S/C23H23ClN2OS/c1-16-22(28-23(25-16)18-9-11-19(24)12-10-18)21(27)14-17-6-5-13-26(15-17)20-7-3-2-4-8-20/h2-4,7-12,17H,5-6,13-15H2,1H3. The lowest BCUT2D eigenvalue weighted by molar-refractivity contribution is 0.0960. The number of carbonyl (C=O) groups excluding carboxylic acids is 1. The number of halogens is 1. The zero-order valence-corrected chi connectivity index (χ0v) is 17.5. The lowest BCUT2D eigenvalue weighted by atomic mass is 9.92. The summed E-state index contributed by atoms with van der Waals surface area (Å²) in [6.45, 7) is 3.94. The molecule has 0 bridgehead atoms. The Labute approximate surface area is 175 Å². The quantitative estimate of drug-likeness (QED) is 0.465. The molecule has 1 fully saturated rings. The summed E-state index contributed by atoms with van der Waals surface area (Å²) >= 11 is 7.47. The molecule has 0 N–H and O–H groups in total. The summed E-state index contributed by atoms with van der Waals surface area (Å²) in [5.41, 5.74) is 3.08. The highest BCUT2D eigenvalue weighted by Crippen LogP contribution is 2.32. The molecule has 0 spiro atoms. The summed E-state index contributed by atoms with van der Waals surface area (Å²) in [6.07, 6.45) is 2.83. The molecule has 4 rings (SSSR count). The van der Waals surface area contributed by atoms with Crippen LogP contribution >= 0.6 is 22.9 Å². The van der Waals surface area contributed by atoms with Crippen LogP contribution in [0.4, 0.5) is 5.69 Å². The van der Waals surface area contributed by atoms with Gasteiger partial charge in [0, 0.05) is 35.8 Å². The fourth-order valence-corrected chi connectivity index (χ4v) is 4.98. The fraction of sp³-hybridized carbons (Fsp3) is 0.304. The molecule has 2 heterocycles. The van der Waals surface area contributed by atoms with E-state index in [4.69, 9.17) is 11.6 Å². The maximum atomic E-state index is 13.0. The van der Waals surface area contributed by atoms with Gasteiger partial charge in [0.25, 0.3) is 0 Å². The number of benzene rings is 2. The molecular formula is C23H23ClN2OS. The van der Waals surface area contributed by atoms with E-state index in [0.29, 0.717) is 17.4 Å². The summed E-state index contributed by atoms with van der Waals surface area (Å²) in [7, 11) is 0. The zero-order chi connectivity index (χ0) is 19.5. The van der Waals surface area contributed by atoms with Crippen molar-refractivity contribution in [3.05, 3.63) is 70.2 Å². The first-order chi connectivity index (χ1) is 13.6. The number of thiazole rings is 1. The Kier molecular flexibility index (Phi) is 5.79. The Hall–Kier alpha value is -2.17. The number of ketones is 1. The normalized spacial score (nSPS) is 16.9. The Bertz CT molecular complexity index is 952. The molecule has 0 radical (unpaired) electrons. The minimum atomic E-state index is 0.218. The average Bonchev–Trinajstić information content (AvgIpc) is 3.11. The minimum Gasteiger partial charge on any atom is -0.371 e. The van der Waals surface area contributed by atoms with Crippen LogP contribution in [-0.2, 0) is 0 Å². The molecule has 144 valence electrons. The van der Waals surface area contributed by atoms with E-state index in [0.717, 1.165) is 47.1 Å². The van der Waals surface area contributed by atoms with Crippen LogP contribution in [0.1, 0.15) is 34.6 Å². The summed E-state index contributed by atoms with van der Waals surface area (Å²) in [6, 6.07) is 18.1. The Balaban J connectivity index is 1.45. The summed E-state index contributed by atoms with van der Waals surface area (Å²) in [4.78, 5) is 20.8. The van der Waals surface area contributed by atoms with Crippen molar-refractivity contribution < 1.29 is 4.79 Å². The zero-order valence-electron chi connectivity index (χ0n) is 15.9. The van der Waals surface area contributed by atoms with Gasteiger partial charge >= 0.3 is 0 Å². The number of anilines is 1. The highest BCUT2D eigenvalue weighted by atomic mass is 35.5. The highest BCUT2D eigenvalue weighted by molar-refractivity contribution is 7.17. The van der Waals surface area contributed by atoms with E-state index in [1.54, 1.807) is 0 Å². The van der Waals surface area contributed by atoms with Crippen LogP contribution in [0.3, 0.4) is 0 Å². The second-order valence-corrected chi connectivity index (χ2v) is 8.79. The number of hydrogen-bond donors (Lipinski definition) is 0. The third-order valence-corrected chi connectivity index (χ3v) is 6.75. The predicted molar refractivity (Wildman–Crippen MR) is 118 cm³/mol.